The highest BCUT2D eigenvalue weighted by Gasteiger charge is 2.28. The number of carbonyl (C=O) groups excluding carboxylic acids is 1. The molecule has 1 amide bonds. The second-order valence-corrected chi connectivity index (χ2v) is 7.66. The molecule has 1 aromatic heterocycles. The highest BCUT2D eigenvalue weighted by atomic mass is 35.5. The number of halogens is 1. The van der Waals surface area contributed by atoms with Gasteiger partial charge in [0.15, 0.2) is 6.61 Å². The van der Waals surface area contributed by atoms with Crippen molar-refractivity contribution in [3.8, 4) is 5.75 Å². The lowest BCUT2D eigenvalue weighted by Gasteiger charge is -2.34. The number of nitrogens with one attached hydrogen (secondary N) is 1. The Hall–Kier alpha value is -2.01. The van der Waals surface area contributed by atoms with Crippen LogP contribution in [0.5, 0.6) is 5.75 Å². The van der Waals surface area contributed by atoms with Gasteiger partial charge < -0.3 is 14.5 Å². The molecule has 0 spiro atoms. The Bertz CT molecular complexity index is 876. The number of fused-ring (bicyclic) bond motifs is 1. The predicted octanol–water partition coefficient (Wildman–Crippen LogP) is 4.07. The van der Waals surface area contributed by atoms with Gasteiger partial charge in [0.05, 0.1) is 5.02 Å². The number of ether oxygens (including phenoxy) is 1. The summed E-state index contributed by atoms with van der Waals surface area (Å²) in [7, 11) is 0. The smallest absolute Gasteiger partial charge is 0.336 e. The molecule has 1 aliphatic carbocycles. The first-order valence-electron chi connectivity index (χ1n) is 9.01. The Kier molecular flexibility index (Phi) is 5.56. The Morgan fingerprint density at radius 3 is 2.85 bits per heavy atom. The average molecular weight is 378 g/mol. The van der Waals surface area contributed by atoms with E-state index >= 15 is 0 Å². The molecule has 140 valence electrons. The van der Waals surface area contributed by atoms with E-state index in [0.717, 1.165) is 23.8 Å². The molecular formula is C20H24ClNO4. The van der Waals surface area contributed by atoms with E-state index in [1.54, 1.807) is 12.1 Å². The van der Waals surface area contributed by atoms with Crippen molar-refractivity contribution in [1.82, 2.24) is 5.32 Å². The monoisotopic (exact) mass is 377 g/mol. The second kappa shape index (κ2) is 7.70. The van der Waals surface area contributed by atoms with Gasteiger partial charge in [-0.3, -0.25) is 4.79 Å². The van der Waals surface area contributed by atoms with E-state index in [1.165, 1.54) is 12.5 Å². The van der Waals surface area contributed by atoms with Crippen molar-refractivity contribution in [2.75, 3.05) is 6.61 Å². The molecule has 0 unspecified atom stereocenters. The number of aryl methyl sites for hydroxylation is 1. The van der Waals surface area contributed by atoms with Crippen molar-refractivity contribution >= 4 is 28.5 Å². The maximum absolute atomic E-state index is 12.3. The van der Waals surface area contributed by atoms with Crippen LogP contribution in [0.2, 0.25) is 5.02 Å². The van der Waals surface area contributed by atoms with Crippen LogP contribution < -0.4 is 15.7 Å². The number of carbonyl (C=O) groups is 1. The molecule has 0 saturated heterocycles. The van der Waals surface area contributed by atoms with Crippen LogP contribution in [0, 0.1) is 18.8 Å². The van der Waals surface area contributed by atoms with E-state index in [2.05, 4.69) is 19.2 Å². The Morgan fingerprint density at radius 1 is 1.31 bits per heavy atom. The topological polar surface area (TPSA) is 68.5 Å². The number of hydrogen-bond donors (Lipinski definition) is 1. The fourth-order valence-corrected chi connectivity index (χ4v) is 3.83. The first-order chi connectivity index (χ1) is 12.3. The molecule has 5 nitrogen and oxygen atoms in total. The zero-order valence-electron chi connectivity index (χ0n) is 15.3. The molecule has 2 aromatic rings. The third-order valence-electron chi connectivity index (χ3n) is 5.42. The van der Waals surface area contributed by atoms with Gasteiger partial charge in [-0.25, -0.2) is 4.79 Å². The minimum atomic E-state index is -0.429. The molecule has 1 aromatic carbocycles. The van der Waals surface area contributed by atoms with Crippen molar-refractivity contribution < 1.29 is 13.9 Å². The fourth-order valence-electron chi connectivity index (χ4n) is 3.61. The first-order valence-corrected chi connectivity index (χ1v) is 9.39. The zero-order chi connectivity index (χ0) is 18.8. The molecule has 1 fully saturated rings. The van der Waals surface area contributed by atoms with Gasteiger partial charge in [-0.15, -0.1) is 0 Å². The van der Waals surface area contributed by atoms with Crippen molar-refractivity contribution in [2.24, 2.45) is 11.8 Å². The van der Waals surface area contributed by atoms with Crippen molar-refractivity contribution in [3.63, 3.8) is 0 Å². The predicted molar refractivity (Wildman–Crippen MR) is 102 cm³/mol. The van der Waals surface area contributed by atoms with Crippen LogP contribution in [0.3, 0.4) is 0 Å². The van der Waals surface area contributed by atoms with Crippen LogP contribution in [0.1, 0.15) is 38.7 Å². The quantitative estimate of drug-likeness (QED) is 0.815. The van der Waals surface area contributed by atoms with Gasteiger partial charge in [0.2, 0.25) is 0 Å². The van der Waals surface area contributed by atoms with E-state index in [-0.39, 0.29) is 18.6 Å². The van der Waals surface area contributed by atoms with Crippen LogP contribution in [-0.2, 0) is 4.79 Å². The summed E-state index contributed by atoms with van der Waals surface area (Å²) in [4.78, 5) is 23.8. The van der Waals surface area contributed by atoms with Gasteiger partial charge in [-0.1, -0.05) is 38.3 Å². The molecule has 0 bridgehead atoms. The lowest BCUT2D eigenvalue weighted by molar-refractivity contribution is -0.124. The van der Waals surface area contributed by atoms with Gasteiger partial charge in [-0.2, -0.15) is 0 Å². The van der Waals surface area contributed by atoms with Crippen LogP contribution in [0.25, 0.3) is 11.0 Å². The fraction of sp³-hybridized carbons (Fsp3) is 0.500. The Balaban J connectivity index is 1.68. The molecule has 26 heavy (non-hydrogen) atoms. The van der Waals surface area contributed by atoms with E-state index < -0.39 is 5.63 Å². The van der Waals surface area contributed by atoms with Gasteiger partial charge in [0, 0.05) is 23.6 Å². The normalized spacial score (nSPS) is 23.0. The largest absolute Gasteiger partial charge is 0.482 e. The van der Waals surface area contributed by atoms with Gasteiger partial charge >= 0.3 is 5.63 Å². The Labute approximate surface area is 157 Å². The molecular weight excluding hydrogens is 354 g/mol. The van der Waals surface area contributed by atoms with Crippen LogP contribution in [0.15, 0.2) is 27.4 Å². The summed E-state index contributed by atoms with van der Waals surface area (Å²) in [6, 6.07) is 4.85. The SMILES string of the molecule is Cc1cc(=O)oc2cc(OCC(=O)N[C@H]3CCC[C@H](C)[C@@H]3C)c(Cl)cc12. The number of benzene rings is 1. The Morgan fingerprint density at radius 2 is 2.08 bits per heavy atom. The molecule has 6 heteroatoms. The molecule has 0 radical (unpaired) electrons. The summed E-state index contributed by atoms with van der Waals surface area (Å²) in [6.45, 7) is 6.10. The summed E-state index contributed by atoms with van der Waals surface area (Å²) < 4.78 is 10.8. The van der Waals surface area contributed by atoms with Gasteiger partial charge in [0.1, 0.15) is 11.3 Å². The zero-order valence-corrected chi connectivity index (χ0v) is 16.1. The lowest BCUT2D eigenvalue weighted by atomic mass is 9.78. The molecule has 1 heterocycles. The minimum absolute atomic E-state index is 0.126. The molecule has 3 rings (SSSR count). The first kappa shape index (κ1) is 18.8. The third-order valence-corrected chi connectivity index (χ3v) is 5.71. The summed E-state index contributed by atoms with van der Waals surface area (Å²) in [6.07, 6.45) is 3.34. The minimum Gasteiger partial charge on any atom is -0.482 e. The third kappa shape index (κ3) is 4.04. The number of hydrogen-bond acceptors (Lipinski definition) is 4. The van der Waals surface area contributed by atoms with Crippen LogP contribution >= 0.6 is 11.6 Å². The summed E-state index contributed by atoms with van der Waals surface area (Å²) >= 11 is 6.26. The molecule has 1 N–H and O–H groups in total. The van der Waals surface area contributed by atoms with E-state index in [1.807, 2.05) is 6.92 Å². The van der Waals surface area contributed by atoms with Gasteiger partial charge in [0.25, 0.3) is 5.91 Å². The van der Waals surface area contributed by atoms with Gasteiger partial charge in [-0.05, 0) is 36.8 Å². The highest BCUT2D eigenvalue weighted by molar-refractivity contribution is 6.32. The molecule has 0 aliphatic heterocycles. The average Bonchev–Trinajstić information content (AvgIpc) is 2.58. The summed E-state index contributed by atoms with van der Waals surface area (Å²) in [5.74, 6) is 1.22. The van der Waals surface area contributed by atoms with Crippen molar-refractivity contribution in [2.45, 2.75) is 46.1 Å². The van der Waals surface area contributed by atoms with Crippen LogP contribution in [0.4, 0.5) is 0 Å². The summed E-state index contributed by atoms with van der Waals surface area (Å²) in [5, 5.41) is 4.19. The van der Waals surface area contributed by atoms with Crippen molar-refractivity contribution in [1.29, 1.82) is 0 Å². The molecule has 1 aliphatic rings. The van der Waals surface area contributed by atoms with Crippen LogP contribution in [-0.4, -0.2) is 18.6 Å². The highest BCUT2D eigenvalue weighted by Crippen LogP contribution is 2.31. The molecule has 1 saturated carbocycles. The maximum Gasteiger partial charge on any atom is 0.336 e. The van der Waals surface area contributed by atoms with E-state index in [4.69, 9.17) is 20.8 Å². The van der Waals surface area contributed by atoms with E-state index in [0.29, 0.717) is 28.2 Å². The second-order valence-electron chi connectivity index (χ2n) is 7.26. The number of rotatable bonds is 4. The van der Waals surface area contributed by atoms with E-state index in [9.17, 15) is 9.59 Å². The van der Waals surface area contributed by atoms with Crippen molar-refractivity contribution in [3.05, 3.63) is 39.2 Å². The standard InChI is InChI=1S/C20H24ClNO4/c1-11-5-4-6-16(13(11)3)22-19(23)10-25-18-9-17-14(8-15(18)21)12(2)7-20(24)26-17/h7-9,11,13,16H,4-6,10H2,1-3H3,(H,22,23)/t11-,13-,16-/m0/s1. The maximum atomic E-state index is 12.3. The molecule has 3 atom stereocenters. The number of amides is 1. The summed E-state index contributed by atoms with van der Waals surface area (Å²) in [5.41, 5.74) is 0.744. The lowest BCUT2D eigenvalue weighted by Crippen LogP contribution is -2.45.